The SMILES string of the molecule is CC(C)c1ccc(CC(O)CN2CCNCC2)cc1. The van der Waals surface area contributed by atoms with Crippen molar-refractivity contribution >= 4 is 0 Å². The molecule has 2 rings (SSSR count). The minimum absolute atomic E-state index is 0.261. The van der Waals surface area contributed by atoms with E-state index in [4.69, 9.17) is 0 Å². The molecule has 1 fully saturated rings. The largest absolute Gasteiger partial charge is 0.391 e. The molecule has 0 aromatic heterocycles. The Kier molecular flexibility index (Phi) is 5.37. The van der Waals surface area contributed by atoms with Gasteiger partial charge in [0.25, 0.3) is 0 Å². The Morgan fingerprint density at radius 3 is 2.37 bits per heavy atom. The molecule has 1 aliphatic heterocycles. The van der Waals surface area contributed by atoms with Gasteiger partial charge < -0.3 is 10.4 Å². The molecule has 1 aromatic rings. The molecule has 106 valence electrons. The number of rotatable bonds is 5. The molecule has 2 N–H and O–H groups in total. The Labute approximate surface area is 116 Å². The van der Waals surface area contributed by atoms with E-state index in [9.17, 15) is 5.11 Å². The van der Waals surface area contributed by atoms with Crippen molar-refractivity contribution in [1.29, 1.82) is 0 Å². The van der Waals surface area contributed by atoms with Gasteiger partial charge in [-0.05, 0) is 23.5 Å². The Balaban J connectivity index is 1.82. The molecule has 0 saturated carbocycles. The monoisotopic (exact) mass is 262 g/mol. The molecular weight excluding hydrogens is 236 g/mol. The first-order valence-electron chi connectivity index (χ1n) is 7.35. The maximum Gasteiger partial charge on any atom is 0.0707 e. The second-order valence-corrected chi connectivity index (χ2v) is 5.80. The zero-order valence-corrected chi connectivity index (χ0v) is 12.1. The summed E-state index contributed by atoms with van der Waals surface area (Å²) in [7, 11) is 0. The van der Waals surface area contributed by atoms with Crippen LogP contribution in [0.1, 0.15) is 30.9 Å². The van der Waals surface area contributed by atoms with Crippen LogP contribution in [0.3, 0.4) is 0 Å². The van der Waals surface area contributed by atoms with Crippen LogP contribution < -0.4 is 5.32 Å². The summed E-state index contributed by atoms with van der Waals surface area (Å²) in [6.07, 6.45) is 0.491. The Hall–Kier alpha value is -0.900. The first kappa shape index (κ1) is 14.5. The smallest absolute Gasteiger partial charge is 0.0707 e. The molecule has 1 unspecified atom stereocenters. The van der Waals surface area contributed by atoms with Crippen LogP contribution in [0.2, 0.25) is 0 Å². The van der Waals surface area contributed by atoms with E-state index in [1.807, 2.05) is 0 Å². The summed E-state index contributed by atoms with van der Waals surface area (Å²) >= 11 is 0. The van der Waals surface area contributed by atoms with Gasteiger partial charge in [0.15, 0.2) is 0 Å². The highest BCUT2D eigenvalue weighted by Gasteiger charge is 2.14. The van der Waals surface area contributed by atoms with Crippen molar-refractivity contribution in [3.63, 3.8) is 0 Å². The van der Waals surface area contributed by atoms with Crippen molar-refractivity contribution in [2.75, 3.05) is 32.7 Å². The lowest BCUT2D eigenvalue weighted by molar-refractivity contribution is 0.105. The van der Waals surface area contributed by atoms with Crippen LogP contribution >= 0.6 is 0 Å². The van der Waals surface area contributed by atoms with Crippen LogP contribution in [0.5, 0.6) is 0 Å². The predicted molar refractivity (Wildman–Crippen MR) is 79.6 cm³/mol. The predicted octanol–water partition coefficient (Wildman–Crippen LogP) is 1.62. The van der Waals surface area contributed by atoms with Crippen LogP contribution in [-0.2, 0) is 6.42 Å². The van der Waals surface area contributed by atoms with Crippen molar-refractivity contribution in [2.45, 2.75) is 32.3 Å². The lowest BCUT2D eigenvalue weighted by Gasteiger charge is -2.29. The molecule has 1 aromatic carbocycles. The van der Waals surface area contributed by atoms with Gasteiger partial charge in [-0.3, -0.25) is 4.90 Å². The van der Waals surface area contributed by atoms with Gasteiger partial charge in [-0.1, -0.05) is 38.1 Å². The van der Waals surface area contributed by atoms with E-state index >= 15 is 0 Å². The summed E-state index contributed by atoms with van der Waals surface area (Å²) in [5, 5.41) is 13.5. The molecule has 0 spiro atoms. The molecule has 0 aliphatic carbocycles. The van der Waals surface area contributed by atoms with E-state index in [2.05, 4.69) is 48.3 Å². The number of aliphatic hydroxyl groups is 1. The molecule has 0 radical (unpaired) electrons. The molecule has 1 saturated heterocycles. The number of piperazine rings is 1. The first-order chi connectivity index (χ1) is 9.15. The molecule has 0 amide bonds. The van der Waals surface area contributed by atoms with E-state index in [1.165, 1.54) is 11.1 Å². The molecule has 3 nitrogen and oxygen atoms in total. The van der Waals surface area contributed by atoms with Gasteiger partial charge in [-0.2, -0.15) is 0 Å². The lowest BCUT2D eigenvalue weighted by Crippen LogP contribution is -2.46. The number of nitrogens with one attached hydrogen (secondary N) is 1. The zero-order valence-electron chi connectivity index (χ0n) is 12.1. The topological polar surface area (TPSA) is 35.5 Å². The Bertz CT molecular complexity index is 369. The summed E-state index contributed by atoms with van der Waals surface area (Å²) in [5.41, 5.74) is 2.59. The van der Waals surface area contributed by atoms with E-state index in [1.54, 1.807) is 0 Å². The van der Waals surface area contributed by atoms with Gasteiger partial charge in [0, 0.05) is 32.7 Å². The number of hydrogen-bond acceptors (Lipinski definition) is 3. The molecule has 1 heterocycles. The summed E-state index contributed by atoms with van der Waals surface area (Å²) in [6.45, 7) is 9.36. The minimum atomic E-state index is -0.261. The van der Waals surface area contributed by atoms with Crippen LogP contribution in [0.4, 0.5) is 0 Å². The fourth-order valence-electron chi connectivity index (χ4n) is 2.57. The molecule has 1 aliphatic rings. The third kappa shape index (κ3) is 4.60. The van der Waals surface area contributed by atoms with Gasteiger partial charge >= 0.3 is 0 Å². The third-order valence-corrected chi connectivity index (χ3v) is 3.80. The van der Waals surface area contributed by atoms with E-state index in [-0.39, 0.29) is 6.10 Å². The highest BCUT2D eigenvalue weighted by molar-refractivity contribution is 5.25. The third-order valence-electron chi connectivity index (χ3n) is 3.80. The summed E-state index contributed by atoms with van der Waals surface area (Å²) in [5.74, 6) is 0.569. The Morgan fingerprint density at radius 2 is 1.79 bits per heavy atom. The molecule has 1 atom stereocenters. The van der Waals surface area contributed by atoms with Gasteiger partial charge in [-0.15, -0.1) is 0 Å². The number of benzene rings is 1. The second-order valence-electron chi connectivity index (χ2n) is 5.80. The van der Waals surface area contributed by atoms with Crippen molar-refractivity contribution in [3.05, 3.63) is 35.4 Å². The van der Waals surface area contributed by atoms with Crippen LogP contribution in [0.15, 0.2) is 24.3 Å². The van der Waals surface area contributed by atoms with E-state index < -0.39 is 0 Å². The molecule has 0 bridgehead atoms. The lowest BCUT2D eigenvalue weighted by atomic mass is 9.99. The summed E-state index contributed by atoms with van der Waals surface area (Å²) in [6, 6.07) is 8.65. The Morgan fingerprint density at radius 1 is 1.16 bits per heavy atom. The first-order valence-corrected chi connectivity index (χ1v) is 7.35. The second kappa shape index (κ2) is 7.04. The quantitative estimate of drug-likeness (QED) is 0.846. The van der Waals surface area contributed by atoms with E-state index in [0.717, 1.165) is 39.1 Å². The van der Waals surface area contributed by atoms with Crippen LogP contribution in [-0.4, -0.2) is 48.8 Å². The van der Waals surface area contributed by atoms with Crippen molar-refractivity contribution in [3.8, 4) is 0 Å². The van der Waals surface area contributed by atoms with Gasteiger partial charge in [0.2, 0.25) is 0 Å². The van der Waals surface area contributed by atoms with Crippen LogP contribution in [0.25, 0.3) is 0 Å². The highest BCUT2D eigenvalue weighted by atomic mass is 16.3. The maximum absolute atomic E-state index is 10.2. The number of nitrogens with zero attached hydrogens (tertiary/aromatic N) is 1. The highest BCUT2D eigenvalue weighted by Crippen LogP contribution is 2.15. The van der Waals surface area contributed by atoms with Crippen molar-refractivity contribution < 1.29 is 5.11 Å². The average molecular weight is 262 g/mol. The fraction of sp³-hybridized carbons (Fsp3) is 0.625. The zero-order chi connectivity index (χ0) is 13.7. The summed E-state index contributed by atoms with van der Waals surface area (Å²) < 4.78 is 0. The minimum Gasteiger partial charge on any atom is -0.391 e. The normalized spacial score (nSPS) is 18.7. The molecule has 3 heteroatoms. The summed E-state index contributed by atoms with van der Waals surface area (Å²) in [4.78, 5) is 2.34. The van der Waals surface area contributed by atoms with Gasteiger partial charge in [0.05, 0.1) is 6.10 Å². The fourth-order valence-corrected chi connectivity index (χ4v) is 2.57. The van der Waals surface area contributed by atoms with Crippen molar-refractivity contribution in [1.82, 2.24) is 10.2 Å². The molecular formula is C16H26N2O. The standard InChI is InChI=1S/C16H26N2O/c1-13(2)15-5-3-14(4-6-15)11-16(19)12-18-9-7-17-8-10-18/h3-6,13,16-17,19H,7-12H2,1-2H3. The van der Waals surface area contributed by atoms with Gasteiger partial charge in [0.1, 0.15) is 0 Å². The number of hydrogen-bond donors (Lipinski definition) is 2. The maximum atomic E-state index is 10.2. The average Bonchev–Trinajstić information content (AvgIpc) is 2.40. The number of β-amino-alcohol motifs (C(OH)–C–C–N with tert-alkyl or cyclic N) is 1. The molecule has 19 heavy (non-hydrogen) atoms. The number of aliphatic hydroxyl groups excluding tert-OH is 1. The van der Waals surface area contributed by atoms with Crippen molar-refractivity contribution in [2.24, 2.45) is 0 Å². The van der Waals surface area contributed by atoms with Crippen LogP contribution in [0, 0.1) is 0 Å². The van der Waals surface area contributed by atoms with E-state index in [0.29, 0.717) is 5.92 Å². The van der Waals surface area contributed by atoms with Gasteiger partial charge in [-0.25, -0.2) is 0 Å².